The lowest BCUT2D eigenvalue weighted by Gasteiger charge is -2.24. The normalized spacial score (nSPS) is 15.8. The number of barbiturate groups is 1. The fraction of sp³-hybridized carbons (Fsp3) is 0.308. The number of benzene rings is 1. The van der Waals surface area contributed by atoms with Gasteiger partial charge in [0.15, 0.2) is 0 Å². The fourth-order valence-corrected chi connectivity index (χ4v) is 1.89. The van der Waals surface area contributed by atoms with Gasteiger partial charge in [-0.25, -0.2) is 4.79 Å². The van der Waals surface area contributed by atoms with Crippen molar-refractivity contribution in [1.82, 2.24) is 10.2 Å². The second-order valence-corrected chi connectivity index (χ2v) is 4.16. The first-order valence-corrected chi connectivity index (χ1v) is 5.85. The van der Waals surface area contributed by atoms with E-state index in [-0.39, 0.29) is 6.42 Å². The van der Waals surface area contributed by atoms with Crippen LogP contribution in [-0.2, 0) is 16.0 Å². The number of hydrogen-bond donors (Lipinski definition) is 1. The molecule has 5 heteroatoms. The fourth-order valence-electron chi connectivity index (χ4n) is 1.89. The molecule has 1 fully saturated rings. The van der Waals surface area contributed by atoms with Gasteiger partial charge in [-0.3, -0.25) is 19.8 Å². The Labute approximate surface area is 105 Å². The first-order valence-electron chi connectivity index (χ1n) is 5.85. The van der Waals surface area contributed by atoms with E-state index in [4.69, 9.17) is 0 Å². The lowest BCUT2D eigenvalue weighted by Crippen LogP contribution is -2.52. The van der Waals surface area contributed by atoms with Gasteiger partial charge in [0.25, 0.3) is 0 Å². The molecule has 1 aromatic carbocycles. The van der Waals surface area contributed by atoms with E-state index in [2.05, 4.69) is 5.32 Å². The van der Waals surface area contributed by atoms with Gasteiger partial charge < -0.3 is 0 Å². The van der Waals surface area contributed by atoms with Crippen molar-refractivity contribution in [3.8, 4) is 0 Å². The van der Waals surface area contributed by atoms with E-state index < -0.39 is 17.8 Å². The second kappa shape index (κ2) is 5.44. The van der Waals surface area contributed by atoms with E-state index in [0.29, 0.717) is 13.0 Å². The first kappa shape index (κ1) is 12.3. The standard InChI is InChI=1S/C13H14N2O3/c16-11-9-12(17)15(13(18)14-11)8-4-7-10-5-2-1-3-6-10/h1-3,5-6H,4,7-9H2,(H,14,16,18). The van der Waals surface area contributed by atoms with Crippen LogP contribution in [0.2, 0.25) is 0 Å². The topological polar surface area (TPSA) is 66.5 Å². The molecule has 94 valence electrons. The number of amides is 4. The Hall–Kier alpha value is -2.17. The molecule has 0 radical (unpaired) electrons. The quantitative estimate of drug-likeness (QED) is 0.809. The van der Waals surface area contributed by atoms with Crippen molar-refractivity contribution in [2.75, 3.05) is 6.54 Å². The minimum Gasteiger partial charge on any atom is -0.277 e. The Morgan fingerprint density at radius 2 is 1.83 bits per heavy atom. The van der Waals surface area contributed by atoms with E-state index in [1.165, 1.54) is 5.56 Å². The van der Waals surface area contributed by atoms with Crippen LogP contribution < -0.4 is 5.32 Å². The minimum absolute atomic E-state index is 0.239. The van der Waals surface area contributed by atoms with Crippen molar-refractivity contribution < 1.29 is 14.4 Å². The maximum atomic E-state index is 11.5. The molecule has 0 atom stereocenters. The summed E-state index contributed by atoms with van der Waals surface area (Å²) in [4.78, 5) is 35.0. The number of imide groups is 2. The van der Waals surface area contributed by atoms with E-state index in [9.17, 15) is 14.4 Å². The molecule has 4 amide bonds. The van der Waals surface area contributed by atoms with Crippen LogP contribution in [-0.4, -0.2) is 29.3 Å². The third-order valence-corrected chi connectivity index (χ3v) is 2.79. The van der Waals surface area contributed by atoms with Gasteiger partial charge in [0.1, 0.15) is 6.42 Å². The van der Waals surface area contributed by atoms with E-state index in [1.807, 2.05) is 30.3 Å². The van der Waals surface area contributed by atoms with Crippen LogP contribution in [0.15, 0.2) is 30.3 Å². The number of carbonyl (C=O) groups is 3. The first-order chi connectivity index (χ1) is 8.66. The molecule has 0 bridgehead atoms. The summed E-state index contributed by atoms with van der Waals surface area (Å²) in [6.45, 7) is 0.340. The number of rotatable bonds is 4. The zero-order chi connectivity index (χ0) is 13.0. The lowest BCUT2D eigenvalue weighted by atomic mass is 10.1. The Balaban J connectivity index is 1.85. The van der Waals surface area contributed by atoms with Crippen molar-refractivity contribution in [3.05, 3.63) is 35.9 Å². The SMILES string of the molecule is O=C1CC(=O)N(CCCc2ccccc2)C(=O)N1. The van der Waals surface area contributed by atoms with E-state index in [1.54, 1.807) is 0 Å². The molecular formula is C13H14N2O3. The highest BCUT2D eigenvalue weighted by Gasteiger charge is 2.29. The van der Waals surface area contributed by atoms with Crippen LogP contribution in [0.25, 0.3) is 0 Å². The number of hydrogen-bond acceptors (Lipinski definition) is 3. The van der Waals surface area contributed by atoms with E-state index >= 15 is 0 Å². The molecule has 1 saturated heterocycles. The molecule has 1 heterocycles. The largest absolute Gasteiger partial charge is 0.330 e. The Kier molecular flexibility index (Phi) is 3.72. The van der Waals surface area contributed by atoms with Crippen molar-refractivity contribution >= 4 is 17.8 Å². The lowest BCUT2D eigenvalue weighted by molar-refractivity contribution is -0.136. The number of carbonyl (C=O) groups excluding carboxylic acids is 3. The predicted octanol–water partition coefficient (Wildman–Crippen LogP) is 1.09. The Morgan fingerprint density at radius 1 is 1.11 bits per heavy atom. The molecular weight excluding hydrogens is 232 g/mol. The number of nitrogens with zero attached hydrogens (tertiary/aromatic N) is 1. The Morgan fingerprint density at radius 3 is 2.50 bits per heavy atom. The number of aryl methyl sites for hydroxylation is 1. The zero-order valence-corrected chi connectivity index (χ0v) is 9.89. The maximum Gasteiger partial charge on any atom is 0.330 e. The maximum absolute atomic E-state index is 11.5. The van der Waals surface area contributed by atoms with Gasteiger partial charge >= 0.3 is 6.03 Å². The van der Waals surface area contributed by atoms with Gasteiger partial charge in [-0.2, -0.15) is 0 Å². The summed E-state index contributed by atoms with van der Waals surface area (Å²) in [6, 6.07) is 9.24. The molecule has 0 saturated carbocycles. The molecule has 0 spiro atoms. The van der Waals surface area contributed by atoms with Crippen molar-refractivity contribution in [1.29, 1.82) is 0 Å². The van der Waals surface area contributed by atoms with Gasteiger partial charge in [0, 0.05) is 6.54 Å². The minimum atomic E-state index is -0.607. The van der Waals surface area contributed by atoms with Crippen molar-refractivity contribution in [2.24, 2.45) is 0 Å². The highest BCUT2D eigenvalue weighted by Crippen LogP contribution is 2.07. The number of nitrogens with one attached hydrogen (secondary N) is 1. The summed E-state index contributed by atoms with van der Waals surface area (Å²) in [5.74, 6) is -0.943. The zero-order valence-electron chi connectivity index (χ0n) is 9.89. The molecule has 1 N–H and O–H groups in total. The highest BCUT2D eigenvalue weighted by molar-refractivity contribution is 6.14. The molecule has 18 heavy (non-hydrogen) atoms. The third-order valence-electron chi connectivity index (χ3n) is 2.79. The molecule has 5 nitrogen and oxygen atoms in total. The molecule has 0 aromatic heterocycles. The third kappa shape index (κ3) is 2.94. The smallest absolute Gasteiger partial charge is 0.277 e. The summed E-state index contributed by atoms with van der Waals surface area (Å²) in [6.07, 6.45) is 1.25. The van der Waals surface area contributed by atoms with Crippen molar-refractivity contribution in [2.45, 2.75) is 19.3 Å². The monoisotopic (exact) mass is 246 g/mol. The van der Waals surface area contributed by atoms with Crippen LogP contribution in [0.5, 0.6) is 0 Å². The molecule has 1 aliphatic rings. The van der Waals surface area contributed by atoms with Crippen LogP contribution in [0.1, 0.15) is 18.4 Å². The van der Waals surface area contributed by atoms with Gasteiger partial charge in [-0.1, -0.05) is 30.3 Å². The summed E-state index contributed by atoms with van der Waals surface area (Å²) >= 11 is 0. The van der Waals surface area contributed by atoms with Crippen LogP contribution in [0.3, 0.4) is 0 Å². The summed E-state index contributed by atoms with van der Waals surface area (Å²) in [5, 5.41) is 2.14. The van der Waals surface area contributed by atoms with Crippen LogP contribution >= 0.6 is 0 Å². The van der Waals surface area contributed by atoms with Gasteiger partial charge in [-0.05, 0) is 18.4 Å². The van der Waals surface area contributed by atoms with Crippen LogP contribution in [0.4, 0.5) is 4.79 Å². The summed E-state index contributed by atoms with van der Waals surface area (Å²) < 4.78 is 0. The summed E-state index contributed by atoms with van der Waals surface area (Å²) in [5.41, 5.74) is 1.17. The second-order valence-electron chi connectivity index (χ2n) is 4.16. The van der Waals surface area contributed by atoms with Gasteiger partial charge in [0.05, 0.1) is 0 Å². The average molecular weight is 246 g/mol. The predicted molar refractivity (Wildman–Crippen MR) is 64.6 cm³/mol. The molecule has 0 aliphatic carbocycles. The molecule has 1 aromatic rings. The molecule has 2 rings (SSSR count). The van der Waals surface area contributed by atoms with Crippen molar-refractivity contribution in [3.63, 3.8) is 0 Å². The van der Waals surface area contributed by atoms with Crippen LogP contribution in [0, 0.1) is 0 Å². The van der Waals surface area contributed by atoms with Gasteiger partial charge in [-0.15, -0.1) is 0 Å². The molecule has 0 unspecified atom stereocenters. The number of urea groups is 1. The highest BCUT2D eigenvalue weighted by atomic mass is 16.2. The Bertz CT molecular complexity index is 450. The van der Waals surface area contributed by atoms with E-state index in [0.717, 1.165) is 11.3 Å². The molecule has 1 aliphatic heterocycles. The summed E-state index contributed by atoms with van der Waals surface area (Å²) in [7, 11) is 0. The van der Waals surface area contributed by atoms with Gasteiger partial charge in [0.2, 0.25) is 11.8 Å². The average Bonchev–Trinajstić information content (AvgIpc) is 2.34.